The second-order valence-electron chi connectivity index (χ2n) is 8.62. The van der Waals surface area contributed by atoms with Crippen LogP contribution < -0.4 is 0 Å². The van der Waals surface area contributed by atoms with E-state index in [4.69, 9.17) is 0 Å². The number of rotatable bonds is 9. The summed E-state index contributed by atoms with van der Waals surface area (Å²) in [7, 11) is 0. The van der Waals surface area contributed by atoms with Gasteiger partial charge in [0.1, 0.15) is 0 Å². The summed E-state index contributed by atoms with van der Waals surface area (Å²) >= 11 is 0. The van der Waals surface area contributed by atoms with Crippen molar-refractivity contribution >= 4 is 0 Å². The molecule has 0 radical (unpaired) electrons. The third kappa shape index (κ3) is 5.87. The van der Waals surface area contributed by atoms with Crippen LogP contribution in [-0.4, -0.2) is 0 Å². The van der Waals surface area contributed by atoms with Crippen molar-refractivity contribution in [1.82, 2.24) is 0 Å². The van der Waals surface area contributed by atoms with Crippen LogP contribution in [0, 0.1) is 23.4 Å². The number of hydrogen-bond acceptors (Lipinski definition) is 0. The maximum Gasteiger partial charge on any atom is 0.195 e. The fourth-order valence-electron chi connectivity index (χ4n) is 4.68. The molecular formula is C26H33F3. The molecule has 1 aliphatic rings. The molecule has 29 heavy (non-hydrogen) atoms. The van der Waals surface area contributed by atoms with E-state index < -0.39 is 17.5 Å². The number of halogens is 3. The molecule has 3 heteroatoms. The topological polar surface area (TPSA) is 0 Å². The molecular weight excluding hydrogens is 369 g/mol. The lowest BCUT2D eigenvalue weighted by atomic mass is 9.77. The van der Waals surface area contributed by atoms with Gasteiger partial charge in [0.05, 0.1) is 0 Å². The fraction of sp³-hybridized carbons (Fsp3) is 0.538. The van der Waals surface area contributed by atoms with E-state index in [1.165, 1.54) is 82.3 Å². The van der Waals surface area contributed by atoms with Gasteiger partial charge < -0.3 is 0 Å². The van der Waals surface area contributed by atoms with Crippen molar-refractivity contribution in [3.63, 3.8) is 0 Å². The molecule has 0 saturated heterocycles. The highest BCUT2D eigenvalue weighted by Crippen LogP contribution is 2.38. The van der Waals surface area contributed by atoms with Crippen molar-refractivity contribution in [3.05, 3.63) is 59.4 Å². The lowest BCUT2D eigenvalue weighted by molar-refractivity contribution is 0.302. The summed E-state index contributed by atoms with van der Waals surface area (Å²) in [6, 6.07) is 9.98. The summed E-state index contributed by atoms with van der Waals surface area (Å²) in [5, 5.41) is 0. The molecule has 158 valence electrons. The van der Waals surface area contributed by atoms with Gasteiger partial charge in [-0.2, -0.15) is 0 Å². The highest BCUT2D eigenvalue weighted by molar-refractivity contribution is 5.64. The maximum atomic E-state index is 14.0. The molecule has 1 saturated carbocycles. The normalized spacial score (nSPS) is 19.4. The van der Waals surface area contributed by atoms with Gasteiger partial charge in [0.2, 0.25) is 0 Å². The van der Waals surface area contributed by atoms with Crippen LogP contribution in [0.3, 0.4) is 0 Å². The molecule has 1 aliphatic carbocycles. The average molecular weight is 403 g/mol. The minimum atomic E-state index is -1.41. The van der Waals surface area contributed by atoms with Gasteiger partial charge in [-0.05, 0) is 60.8 Å². The zero-order valence-corrected chi connectivity index (χ0v) is 17.5. The molecule has 0 aromatic heterocycles. The first kappa shape index (κ1) is 21.9. The molecule has 0 amide bonds. The number of hydrogen-bond donors (Lipinski definition) is 0. The van der Waals surface area contributed by atoms with Crippen molar-refractivity contribution in [2.75, 3.05) is 0 Å². The van der Waals surface area contributed by atoms with Crippen LogP contribution in [0.15, 0.2) is 36.4 Å². The molecule has 0 heterocycles. The minimum Gasteiger partial charge on any atom is -0.204 e. The zero-order valence-electron chi connectivity index (χ0n) is 17.5. The van der Waals surface area contributed by atoms with Crippen LogP contribution >= 0.6 is 0 Å². The SMILES string of the molecule is CCCCCCCCC1CCC(c2ccc(-c3ccc(F)c(F)c3F)cc2)CC1. The first-order valence-corrected chi connectivity index (χ1v) is 11.3. The molecule has 2 aromatic rings. The van der Waals surface area contributed by atoms with Crippen LogP contribution in [0.25, 0.3) is 11.1 Å². The Morgan fingerprint density at radius 1 is 0.724 bits per heavy atom. The van der Waals surface area contributed by atoms with Crippen molar-refractivity contribution in [3.8, 4) is 11.1 Å². The third-order valence-corrected chi connectivity index (χ3v) is 6.54. The standard InChI is InChI=1S/C26H33F3/c1-2-3-4-5-6-7-8-19-9-11-20(12-10-19)21-13-15-22(16-14-21)23-17-18-24(27)26(29)25(23)28/h13-20H,2-12H2,1H3. The monoisotopic (exact) mass is 402 g/mol. The van der Waals surface area contributed by atoms with E-state index in [-0.39, 0.29) is 5.56 Å². The summed E-state index contributed by atoms with van der Waals surface area (Å²) in [5.74, 6) is -2.25. The Balaban J connectivity index is 1.49. The van der Waals surface area contributed by atoms with E-state index in [0.29, 0.717) is 11.5 Å². The Morgan fingerprint density at radius 3 is 2.07 bits per heavy atom. The van der Waals surface area contributed by atoms with E-state index in [1.54, 1.807) is 0 Å². The third-order valence-electron chi connectivity index (χ3n) is 6.54. The van der Waals surface area contributed by atoms with Gasteiger partial charge in [0.25, 0.3) is 0 Å². The molecule has 0 atom stereocenters. The van der Waals surface area contributed by atoms with E-state index >= 15 is 0 Å². The van der Waals surface area contributed by atoms with E-state index in [0.717, 1.165) is 12.0 Å². The molecule has 0 spiro atoms. The van der Waals surface area contributed by atoms with Crippen LogP contribution in [0.2, 0.25) is 0 Å². The molecule has 0 unspecified atom stereocenters. The lowest BCUT2D eigenvalue weighted by Gasteiger charge is -2.29. The van der Waals surface area contributed by atoms with Gasteiger partial charge in [0, 0.05) is 5.56 Å². The van der Waals surface area contributed by atoms with Crippen molar-refractivity contribution in [2.45, 2.75) is 83.5 Å². The maximum absolute atomic E-state index is 14.0. The Kier molecular flexibility index (Phi) is 8.20. The molecule has 0 N–H and O–H groups in total. The summed E-state index contributed by atoms with van der Waals surface area (Å²) in [4.78, 5) is 0. The van der Waals surface area contributed by atoms with E-state index in [2.05, 4.69) is 6.92 Å². The molecule has 1 fully saturated rings. The van der Waals surface area contributed by atoms with Gasteiger partial charge in [-0.15, -0.1) is 0 Å². The molecule has 0 aliphatic heterocycles. The molecule has 0 nitrogen and oxygen atoms in total. The van der Waals surface area contributed by atoms with E-state index in [9.17, 15) is 13.2 Å². The first-order valence-electron chi connectivity index (χ1n) is 11.3. The Bertz CT molecular complexity index is 758. The van der Waals surface area contributed by atoms with Gasteiger partial charge in [-0.25, -0.2) is 13.2 Å². The fourth-order valence-corrected chi connectivity index (χ4v) is 4.68. The van der Waals surface area contributed by atoms with Gasteiger partial charge in [-0.1, -0.05) is 76.1 Å². The first-order chi connectivity index (χ1) is 14.1. The summed E-state index contributed by atoms with van der Waals surface area (Å²) in [6.07, 6.45) is 14.6. The van der Waals surface area contributed by atoms with Crippen molar-refractivity contribution in [1.29, 1.82) is 0 Å². The molecule has 0 bridgehead atoms. The molecule has 2 aromatic carbocycles. The van der Waals surface area contributed by atoms with Gasteiger partial charge >= 0.3 is 0 Å². The summed E-state index contributed by atoms with van der Waals surface area (Å²) < 4.78 is 40.7. The highest BCUT2D eigenvalue weighted by Gasteiger charge is 2.22. The smallest absolute Gasteiger partial charge is 0.195 e. The second-order valence-corrected chi connectivity index (χ2v) is 8.62. The number of benzene rings is 2. The van der Waals surface area contributed by atoms with E-state index in [1.807, 2.05) is 24.3 Å². The van der Waals surface area contributed by atoms with Crippen LogP contribution in [-0.2, 0) is 0 Å². The second kappa shape index (κ2) is 10.8. The summed E-state index contributed by atoms with van der Waals surface area (Å²) in [6.45, 7) is 2.26. The minimum absolute atomic E-state index is 0.109. The Morgan fingerprint density at radius 2 is 1.38 bits per heavy atom. The van der Waals surface area contributed by atoms with Crippen LogP contribution in [0.4, 0.5) is 13.2 Å². The zero-order chi connectivity index (χ0) is 20.6. The predicted molar refractivity (Wildman–Crippen MR) is 114 cm³/mol. The van der Waals surface area contributed by atoms with Crippen LogP contribution in [0.1, 0.15) is 89.0 Å². The van der Waals surface area contributed by atoms with Crippen molar-refractivity contribution in [2.24, 2.45) is 5.92 Å². The average Bonchev–Trinajstić information content (AvgIpc) is 2.75. The number of unbranched alkanes of at least 4 members (excludes halogenated alkanes) is 5. The Hall–Kier alpha value is -1.77. The van der Waals surface area contributed by atoms with Gasteiger partial charge in [-0.3, -0.25) is 0 Å². The largest absolute Gasteiger partial charge is 0.204 e. The van der Waals surface area contributed by atoms with Crippen LogP contribution in [0.5, 0.6) is 0 Å². The summed E-state index contributed by atoms with van der Waals surface area (Å²) in [5.41, 5.74) is 1.97. The highest BCUT2D eigenvalue weighted by atomic mass is 19.2. The van der Waals surface area contributed by atoms with Crippen molar-refractivity contribution < 1.29 is 13.2 Å². The predicted octanol–water partition coefficient (Wildman–Crippen LogP) is 8.80. The molecule has 3 rings (SSSR count). The Labute approximate surface area is 173 Å². The quantitative estimate of drug-likeness (QED) is 0.290. The lowest BCUT2D eigenvalue weighted by Crippen LogP contribution is -2.13. The van der Waals surface area contributed by atoms with Gasteiger partial charge in [0.15, 0.2) is 17.5 Å².